The number of carbonyl (C=O) groups is 2. The van der Waals surface area contributed by atoms with Gasteiger partial charge in [-0.1, -0.05) is 18.2 Å². The van der Waals surface area contributed by atoms with E-state index in [-0.39, 0.29) is 12.5 Å². The number of aromatic amines is 1. The Bertz CT molecular complexity index is 589. The summed E-state index contributed by atoms with van der Waals surface area (Å²) in [5.41, 5.74) is 1.58. The van der Waals surface area contributed by atoms with Crippen LogP contribution in [0.3, 0.4) is 0 Å². The van der Waals surface area contributed by atoms with Crippen LogP contribution < -0.4 is 5.32 Å². The van der Waals surface area contributed by atoms with Crippen molar-refractivity contribution in [2.45, 2.75) is 12.8 Å². The summed E-state index contributed by atoms with van der Waals surface area (Å²) >= 11 is 0. The van der Waals surface area contributed by atoms with Crippen LogP contribution in [-0.2, 0) is 9.59 Å². The van der Waals surface area contributed by atoms with Gasteiger partial charge in [-0.05, 0) is 11.6 Å². The highest BCUT2D eigenvalue weighted by molar-refractivity contribution is 5.89. The van der Waals surface area contributed by atoms with E-state index in [1.807, 2.05) is 24.3 Å². The number of carboxylic acids is 1. The van der Waals surface area contributed by atoms with E-state index < -0.39 is 11.9 Å². The fraction of sp³-hybridized carbons (Fsp3) is 0.231. The molecule has 2 rings (SSSR count). The van der Waals surface area contributed by atoms with Crippen molar-refractivity contribution in [2.75, 3.05) is 6.54 Å². The first-order valence-corrected chi connectivity index (χ1v) is 5.63. The van der Waals surface area contributed by atoms with Gasteiger partial charge >= 0.3 is 5.97 Å². The maximum atomic E-state index is 11.3. The Morgan fingerprint density at radius 3 is 2.78 bits per heavy atom. The van der Waals surface area contributed by atoms with Gasteiger partial charge in [-0.25, -0.2) is 0 Å². The number of hydrogen-bond donors (Lipinski definition) is 3. The third-order valence-electron chi connectivity index (χ3n) is 2.85. The van der Waals surface area contributed by atoms with Crippen LogP contribution in [0.5, 0.6) is 0 Å². The first-order valence-electron chi connectivity index (χ1n) is 5.63. The van der Waals surface area contributed by atoms with Crippen molar-refractivity contribution in [1.82, 2.24) is 10.3 Å². The molecule has 5 heteroatoms. The third kappa shape index (κ3) is 2.34. The van der Waals surface area contributed by atoms with Crippen molar-refractivity contribution in [3.63, 3.8) is 0 Å². The van der Waals surface area contributed by atoms with Crippen LogP contribution >= 0.6 is 0 Å². The number of aliphatic carboxylic acids is 1. The smallest absolute Gasteiger partial charge is 0.312 e. The second-order valence-corrected chi connectivity index (χ2v) is 4.12. The summed E-state index contributed by atoms with van der Waals surface area (Å²) in [5, 5.41) is 12.7. The van der Waals surface area contributed by atoms with Crippen LogP contribution in [0.4, 0.5) is 0 Å². The minimum Gasteiger partial charge on any atom is -0.481 e. The van der Waals surface area contributed by atoms with E-state index in [4.69, 9.17) is 0 Å². The Morgan fingerprint density at radius 2 is 2.11 bits per heavy atom. The molecular weight excluding hydrogens is 232 g/mol. The molecule has 0 radical (unpaired) electrons. The molecule has 0 saturated heterocycles. The highest BCUT2D eigenvalue weighted by Gasteiger charge is 2.22. The first kappa shape index (κ1) is 12.2. The number of H-pyrrole nitrogens is 1. The molecule has 0 unspecified atom stereocenters. The van der Waals surface area contributed by atoms with Crippen LogP contribution in [0.15, 0.2) is 30.5 Å². The molecule has 1 aromatic carbocycles. The van der Waals surface area contributed by atoms with Gasteiger partial charge in [0.15, 0.2) is 0 Å². The fourth-order valence-corrected chi connectivity index (χ4v) is 1.96. The van der Waals surface area contributed by atoms with E-state index in [1.165, 1.54) is 6.92 Å². The number of para-hydroxylation sites is 1. The van der Waals surface area contributed by atoms with Crippen LogP contribution in [0.2, 0.25) is 0 Å². The van der Waals surface area contributed by atoms with Crippen molar-refractivity contribution in [3.05, 3.63) is 36.0 Å². The number of carboxylic acid groups (broad SMARTS) is 1. The second kappa shape index (κ2) is 4.91. The number of fused-ring (bicyclic) bond motifs is 1. The molecular formula is C13H14N2O3. The maximum absolute atomic E-state index is 11.3. The summed E-state index contributed by atoms with van der Waals surface area (Å²) in [7, 11) is 0. The number of amides is 1. The number of nitrogens with one attached hydrogen (secondary N) is 2. The lowest BCUT2D eigenvalue weighted by Crippen LogP contribution is -2.29. The lowest BCUT2D eigenvalue weighted by molar-refractivity contribution is -0.138. The number of carbonyl (C=O) groups excluding carboxylic acids is 1. The van der Waals surface area contributed by atoms with Crippen LogP contribution in [0.25, 0.3) is 10.9 Å². The second-order valence-electron chi connectivity index (χ2n) is 4.12. The van der Waals surface area contributed by atoms with E-state index >= 15 is 0 Å². The summed E-state index contributed by atoms with van der Waals surface area (Å²) in [6, 6.07) is 7.49. The van der Waals surface area contributed by atoms with Gasteiger partial charge in [0.05, 0.1) is 0 Å². The monoisotopic (exact) mass is 246 g/mol. The van der Waals surface area contributed by atoms with Gasteiger partial charge in [-0.2, -0.15) is 0 Å². The van der Waals surface area contributed by atoms with Gasteiger partial charge < -0.3 is 15.4 Å². The van der Waals surface area contributed by atoms with Gasteiger partial charge in [0.1, 0.15) is 5.92 Å². The fourth-order valence-electron chi connectivity index (χ4n) is 1.96. The molecule has 1 heterocycles. The molecule has 0 aliphatic carbocycles. The normalized spacial score (nSPS) is 12.3. The molecule has 0 spiro atoms. The molecule has 0 saturated carbocycles. The predicted octanol–water partition coefficient (Wildman–Crippen LogP) is 1.47. The number of benzene rings is 1. The molecule has 1 amide bonds. The van der Waals surface area contributed by atoms with Gasteiger partial charge in [-0.3, -0.25) is 9.59 Å². The zero-order valence-corrected chi connectivity index (χ0v) is 9.93. The molecule has 0 aliphatic heterocycles. The molecule has 18 heavy (non-hydrogen) atoms. The minimum atomic E-state index is -0.950. The van der Waals surface area contributed by atoms with E-state index in [2.05, 4.69) is 10.3 Å². The lowest BCUT2D eigenvalue weighted by Gasteiger charge is -2.11. The summed E-state index contributed by atoms with van der Waals surface area (Å²) in [6.45, 7) is 1.46. The molecule has 3 N–H and O–H groups in total. The van der Waals surface area contributed by atoms with Gasteiger partial charge in [-0.15, -0.1) is 0 Å². The van der Waals surface area contributed by atoms with Crippen molar-refractivity contribution >= 4 is 22.8 Å². The summed E-state index contributed by atoms with van der Waals surface area (Å²) in [6.07, 6.45) is 1.69. The molecule has 0 bridgehead atoms. The molecule has 94 valence electrons. The molecule has 0 fully saturated rings. The van der Waals surface area contributed by atoms with Gasteiger partial charge in [0, 0.05) is 30.6 Å². The van der Waals surface area contributed by atoms with Crippen LogP contribution in [0.1, 0.15) is 18.4 Å². The highest BCUT2D eigenvalue weighted by Crippen LogP contribution is 2.25. The molecule has 5 nitrogen and oxygen atoms in total. The SMILES string of the molecule is CC(=O)NC[C@@H](C(=O)O)c1c[nH]c2ccccc12. The summed E-state index contributed by atoms with van der Waals surface area (Å²) in [4.78, 5) is 25.2. The van der Waals surface area contributed by atoms with Crippen LogP contribution in [0, 0.1) is 0 Å². The quantitative estimate of drug-likeness (QED) is 0.764. The molecule has 2 aromatic rings. The summed E-state index contributed by atoms with van der Waals surface area (Å²) in [5.74, 6) is -1.93. The van der Waals surface area contributed by atoms with Crippen molar-refractivity contribution in [3.8, 4) is 0 Å². The van der Waals surface area contributed by atoms with E-state index in [1.54, 1.807) is 6.20 Å². The minimum absolute atomic E-state index is 0.0898. The average molecular weight is 246 g/mol. The van der Waals surface area contributed by atoms with Crippen LogP contribution in [-0.4, -0.2) is 28.5 Å². The van der Waals surface area contributed by atoms with Gasteiger partial charge in [0.2, 0.25) is 5.91 Å². The summed E-state index contributed by atoms with van der Waals surface area (Å²) < 4.78 is 0. The Balaban J connectivity index is 2.36. The zero-order chi connectivity index (χ0) is 13.1. The Kier molecular flexibility index (Phi) is 3.32. The van der Waals surface area contributed by atoms with Crippen molar-refractivity contribution in [2.24, 2.45) is 0 Å². The van der Waals surface area contributed by atoms with Crippen molar-refractivity contribution in [1.29, 1.82) is 0 Å². The first-order chi connectivity index (χ1) is 8.59. The van der Waals surface area contributed by atoms with Crippen molar-refractivity contribution < 1.29 is 14.7 Å². The Morgan fingerprint density at radius 1 is 1.39 bits per heavy atom. The highest BCUT2D eigenvalue weighted by atomic mass is 16.4. The van der Waals surface area contributed by atoms with Gasteiger partial charge in [0.25, 0.3) is 0 Å². The van der Waals surface area contributed by atoms with E-state index in [0.29, 0.717) is 5.56 Å². The Labute approximate surface area is 104 Å². The standard InChI is InChI=1S/C13H14N2O3/c1-8(16)14-7-11(13(17)18)10-6-15-12-5-3-2-4-9(10)12/h2-6,11,15H,7H2,1H3,(H,14,16)(H,17,18)/t11-/m1/s1. The Hall–Kier alpha value is -2.30. The molecule has 1 aromatic heterocycles. The third-order valence-corrected chi connectivity index (χ3v) is 2.85. The number of hydrogen-bond acceptors (Lipinski definition) is 2. The van der Waals surface area contributed by atoms with E-state index in [9.17, 15) is 14.7 Å². The number of aromatic nitrogens is 1. The average Bonchev–Trinajstić information content (AvgIpc) is 2.73. The molecule has 1 atom stereocenters. The molecule has 0 aliphatic rings. The number of rotatable bonds is 4. The largest absolute Gasteiger partial charge is 0.481 e. The zero-order valence-electron chi connectivity index (χ0n) is 9.93. The lowest BCUT2D eigenvalue weighted by atomic mass is 9.98. The van der Waals surface area contributed by atoms with E-state index in [0.717, 1.165) is 10.9 Å². The maximum Gasteiger partial charge on any atom is 0.312 e. The topological polar surface area (TPSA) is 82.2 Å². The predicted molar refractivity (Wildman–Crippen MR) is 67.4 cm³/mol.